The van der Waals surface area contributed by atoms with Crippen molar-refractivity contribution in [2.24, 2.45) is 7.05 Å². The number of halogens is 1. The SMILES string of the molecule is COc1cnc2c(c1)c(C(=O)NOCCO)c(Nc1ccc(C)cc1F)n2C. The Morgan fingerprint density at radius 2 is 2.14 bits per heavy atom. The van der Waals surface area contributed by atoms with Gasteiger partial charge in [-0.3, -0.25) is 9.63 Å². The highest BCUT2D eigenvalue weighted by atomic mass is 19.1. The minimum atomic E-state index is -0.566. The van der Waals surface area contributed by atoms with Gasteiger partial charge in [-0.15, -0.1) is 0 Å². The Bertz CT molecular complexity index is 1020. The van der Waals surface area contributed by atoms with Crippen molar-refractivity contribution < 1.29 is 23.9 Å². The molecule has 148 valence electrons. The van der Waals surface area contributed by atoms with Gasteiger partial charge in [-0.1, -0.05) is 6.07 Å². The molecule has 0 atom stereocenters. The summed E-state index contributed by atoms with van der Waals surface area (Å²) in [6.07, 6.45) is 1.53. The van der Waals surface area contributed by atoms with Crippen molar-refractivity contribution in [2.75, 3.05) is 25.6 Å². The Kier molecular flexibility index (Phi) is 5.76. The Morgan fingerprint density at radius 1 is 1.36 bits per heavy atom. The zero-order valence-electron chi connectivity index (χ0n) is 15.7. The van der Waals surface area contributed by atoms with Crippen LogP contribution >= 0.6 is 0 Å². The largest absolute Gasteiger partial charge is 0.495 e. The fourth-order valence-electron chi connectivity index (χ4n) is 2.84. The Labute approximate surface area is 160 Å². The van der Waals surface area contributed by atoms with Crippen LogP contribution in [0.15, 0.2) is 30.5 Å². The van der Waals surface area contributed by atoms with Crippen molar-refractivity contribution in [3.63, 3.8) is 0 Å². The first-order chi connectivity index (χ1) is 13.5. The highest BCUT2D eigenvalue weighted by Gasteiger charge is 2.24. The maximum atomic E-state index is 14.4. The van der Waals surface area contributed by atoms with Gasteiger partial charge < -0.3 is 19.7 Å². The summed E-state index contributed by atoms with van der Waals surface area (Å²) in [5.41, 5.74) is 3.99. The predicted molar refractivity (Wildman–Crippen MR) is 102 cm³/mol. The number of carbonyl (C=O) groups is 1. The molecule has 0 fully saturated rings. The number of nitrogens with zero attached hydrogens (tertiary/aromatic N) is 2. The molecule has 0 radical (unpaired) electrons. The number of methoxy groups -OCH3 is 1. The molecule has 0 aliphatic carbocycles. The second-order valence-corrected chi connectivity index (χ2v) is 6.14. The van der Waals surface area contributed by atoms with Crippen LogP contribution in [0.4, 0.5) is 15.9 Å². The van der Waals surface area contributed by atoms with Crippen molar-refractivity contribution in [2.45, 2.75) is 6.92 Å². The monoisotopic (exact) mass is 388 g/mol. The Balaban J connectivity index is 2.12. The number of hydrogen-bond donors (Lipinski definition) is 3. The molecule has 0 unspecified atom stereocenters. The molecule has 0 bridgehead atoms. The molecule has 2 heterocycles. The topological polar surface area (TPSA) is 97.6 Å². The van der Waals surface area contributed by atoms with Gasteiger partial charge in [-0.2, -0.15) is 0 Å². The van der Waals surface area contributed by atoms with Gasteiger partial charge >= 0.3 is 0 Å². The summed E-state index contributed by atoms with van der Waals surface area (Å²) in [6, 6.07) is 6.43. The lowest BCUT2D eigenvalue weighted by Crippen LogP contribution is -2.25. The van der Waals surface area contributed by atoms with Crippen LogP contribution in [0.25, 0.3) is 11.0 Å². The van der Waals surface area contributed by atoms with E-state index < -0.39 is 11.7 Å². The minimum absolute atomic E-state index is 0.0621. The fraction of sp³-hybridized carbons (Fsp3) is 0.263. The molecular formula is C19H21FN4O4. The van der Waals surface area contributed by atoms with E-state index in [1.54, 1.807) is 36.7 Å². The number of nitrogens with one attached hydrogen (secondary N) is 2. The molecule has 1 amide bonds. The number of aliphatic hydroxyl groups excluding tert-OH is 1. The molecule has 0 saturated carbocycles. The second kappa shape index (κ2) is 8.24. The predicted octanol–water partition coefficient (Wildman–Crippen LogP) is 2.43. The van der Waals surface area contributed by atoms with Crippen LogP contribution in [0, 0.1) is 12.7 Å². The van der Waals surface area contributed by atoms with Crippen LogP contribution in [-0.4, -0.2) is 40.9 Å². The molecule has 1 aromatic carbocycles. The first-order valence-corrected chi connectivity index (χ1v) is 8.54. The number of ether oxygens (including phenoxy) is 1. The number of carbonyl (C=O) groups excluding carboxylic acids is 1. The van der Waals surface area contributed by atoms with Crippen molar-refractivity contribution in [3.8, 4) is 5.75 Å². The number of aromatic nitrogens is 2. The Morgan fingerprint density at radius 3 is 2.82 bits per heavy atom. The average molecular weight is 388 g/mol. The van der Waals surface area contributed by atoms with Gasteiger partial charge in [0.05, 0.1) is 37.8 Å². The summed E-state index contributed by atoms with van der Waals surface area (Å²) in [7, 11) is 3.21. The van der Waals surface area contributed by atoms with E-state index in [4.69, 9.17) is 14.7 Å². The molecule has 0 spiro atoms. The Hall–Kier alpha value is -3.17. The second-order valence-electron chi connectivity index (χ2n) is 6.14. The smallest absolute Gasteiger partial charge is 0.279 e. The average Bonchev–Trinajstić information content (AvgIpc) is 2.95. The zero-order chi connectivity index (χ0) is 20.3. The normalized spacial score (nSPS) is 10.9. The van der Waals surface area contributed by atoms with Crippen molar-refractivity contribution in [1.29, 1.82) is 0 Å². The molecule has 3 N–H and O–H groups in total. The third kappa shape index (κ3) is 3.75. The summed E-state index contributed by atoms with van der Waals surface area (Å²) in [5.74, 6) is -0.206. The zero-order valence-corrected chi connectivity index (χ0v) is 15.7. The summed E-state index contributed by atoms with van der Waals surface area (Å²) >= 11 is 0. The first-order valence-electron chi connectivity index (χ1n) is 8.54. The number of pyridine rings is 1. The van der Waals surface area contributed by atoms with E-state index in [9.17, 15) is 9.18 Å². The van der Waals surface area contributed by atoms with E-state index in [0.717, 1.165) is 5.56 Å². The molecule has 9 heteroatoms. The van der Waals surface area contributed by atoms with Crippen LogP contribution in [-0.2, 0) is 11.9 Å². The van der Waals surface area contributed by atoms with E-state index in [-0.39, 0.29) is 24.5 Å². The molecule has 3 aromatic rings. The molecule has 2 aromatic heterocycles. The van der Waals surface area contributed by atoms with Crippen molar-refractivity contribution >= 4 is 28.4 Å². The maximum absolute atomic E-state index is 14.4. The van der Waals surface area contributed by atoms with E-state index in [1.807, 2.05) is 0 Å². The van der Waals surface area contributed by atoms with Gasteiger partial charge in [-0.25, -0.2) is 14.9 Å². The van der Waals surface area contributed by atoms with Gasteiger partial charge in [-0.05, 0) is 30.7 Å². The van der Waals surface area contributed by atoms with Gasteiger partial charge in [0.25, 0.3) is 5.91 Å². The lowest BCUT2D eigenvalue weighted by molar-refractivity contribution is 0.0170. The highest BCUT2D eigenvalue weighted by Crippen LogP contribution is 2.33. The first kappa shape index (κ1) is 19.6. The van der Waals surface area contributed by atoms with Crippen LogP contribution in [0.1, 0.15) is 15.9 Å². The molecule has 0 aliphatic rings. The lowest BCUT2D eigenvalue weighted by atomic mass is 10.1. The quantitative estimate of drug-likeness (QED) is 0.425. The standard InChI is InChI=1S/C19H21FN4O4/c1-11-4-5-15(14(20)8-11)22-18-16(19(26)23-28-7-6-25)13-9-12(27-3)10-21-17(13)24(18)2/h4-5,8-10,22,25H,6-7H2,1-3H3,(H,23,26). The number of amides is 1. The lowest BCUT2D eigenvalue weighted by Gasteiger charge is -2.12. The summed E-state index contributed by atoms with van der Waals surface area (Å²) < 4.78 is 21.2. The summed E-state index contributed by atoms with van der Waals surface area (Å²) in [5, 5.41) is 12.3. The highest BCUT2D eigenvalue weighted by molar-refractivity contribution is 6.11. The minimum Gasteiger partial charge on any atom is -0.495 e. The van der Waals surface area contributed by atoms with Crippen molar-refractivity contribution in [1.82, 2.24) is 15.0 Å². The third-order valence-corrected chi connectivity index (χ3v) is 4.20. The number of hydrogen-bond acceptors (Lipinski definition) is 6. The molecular weight excluding hydrogens is 367 g/mol. The van der Waals surface area contributed by atoms with E-state index in [0.29, 0.717) is 22.6 Å². The van der Waals surface area contributed by atoms with Crippen LogP contribution in [0.3, 0.4) is 0 Å². The van der Waals surface area contributed by atoms with Crippen LogP contribution in [0.5, 0.6) is 5.75 Å². The maximum Gasteiger partial charge on any atom is 0.279 e. The number of aliphatic hydroxyl groups is 1. The number of rotatable bonds is 7. The van der Waals surface area contributed by atoms with Gasteiger partial charge in [0.15, 0.2) is 0 Å². The number of aryl methyl sites for hydroxylation is 2. The number of benzene rings is 1. The fourth-order valence-corrected chi connectivity index (χ4v) is 2.84. The summed E-state index contributed by atoms with van der Waals surface area (Å²) in [6.45, 7) is 1.48. The summed E-state index contributed by atoms with van der Waals surface area (Å²) in [4.78, 5) is 22.0. The van der Waals surface area contributed by atoms with Crippen LogP contribution < -0.4 is 15.5 Å². The molecule has 0 saturated heterocycles. The van der Waals surface area contributed by atoms with Crippen LogP contribution in [0.2, 0.25) is 0 Å². The number of anilines is 2. The van der Waals surface area contributed by atoms with Crippen molar-refractivity contribution in [3.05, 3.63) is 47.4 Å². The van der Waals surface area contributed by atoms with E-state index in [1.165, 1.54) is 19.4 Å². The molecule has 3 rings (SSSR count). The number of fused-ring (bicyclic) bond motifs is 1. The van der Waals surface area contributed by atoms with E-state index >= 15 is 0 Å². The van der Waals surface area contributed by atoms with Gasteiger partial charge in [0, 0.05) is 12.4 Å². The molecule has 28 heavy (non-hydrogen) atoms. The number of hydroxylamine groups is 1. The third-order valence-electron chi connectivity index (χ3n) is 4.20. The van der Waals surface area contributed by atoms with Gasteiger partial charge in [0.1, 0.15) is 23.0 Å². The van der Waals surface area contributed by atoms with Gasteiger partial charge in [0.2, 0.25) is 0 Å². The van der Waals surface area contributed by atoms with E-state index in [2.05, 4.69) is 15.8 Å². The molecule has 0 aliphatic heterocycles. The molecule has 8 nitrogen and oxygen atoms in total.